The first-order valence-corrected chi connectivity index (χ1v) is 7.32. The molecular weight excluding hydrogens is 270 g/mol. The molecule has 20 heavy (non-hydrogen) atoms. The molecule has 3 rings (SSSR count). The summed E-state index contributed by atoms with van der Waals surface area (Å²) in [5.74, 6) is 0. The molecule has 5 heteroatoms. The van der Waals surface area contributed by atoms with Crippen molar-refractivity contribution in [2.45, 2.75) is 12.6 Å². The lowest BCUT2D eigenvalue weighted by atomic mass is 10.1. The zero-order valence-electron chi connectivity index (χ0n) is 10.9. The number of rotatable bonds is 5. The molecule has 0 radical (unpaired) electrons. The second kappa shape index (κ2) is 6.09. The number of aliphatic hydroxyl groups is 1. The first kappa shape index (κ1) is 13.2. The van der Waals surface area contributed by atoms with Crippen LogP contribution in [0.5, 0.6) is 0 Å². The molecule has 0 amide bonds. The van der Waals surface area contributed by atoms with E-state index >= 15 is 0 Å². The second-order valence-electron chi connectivity index (χ2n) is 4.57. The van der Waals surface area contributed by atoms with Crippen LogP contribution in [-0.4, -0.2) is 21.6 Å². The van der Waals surface area contributed by atoms with Gasteiger partial charge in [-0.25, -0.2) is 0 Å². The van der Waals surface area contributed by atoms with E-state index in [4.69, 9.17) is 0 Å². The predicted octanol–water partition coefficient (Wildman–Crippen LogP) is 2.51. The zero-order chi connectivity index (χ0) is 13.8. The number of hydrogen-bond acceptors (Lipinski definition) is 5. The minimum absolute atomic E-state index is 0.506. The maximum Gasteiger partial charge on any atom is 0.0915 e. The van der Waals surface area contributed by atoms with E-state index in [0.29, 0.717) is 13.1 Å². The Kier molecular flexibility index (Phi) is 4.01. The summed E-state index contributed by atoms with van der Waals surface area (Å²) in [6, 6.07) is 7.81. The van der Waals surface area contributed by atoms with Crippen molar-refractivity contribution < 1.29 is 5.11 Å². The molecule has 3 aromatic heterocycles. The number of nitrogens with zero attached hydrogens (tertiary/aromatic N) is 2. The third-order valence-corrected chi connectivity index (χ3v) is 3.97. The maximum absolute atomic E-state index is 10.0. The van der Waals surface area contributed by atoms with E-state index in [-0.39, 0.29) is 0 Å². The van der Waals surface area contributed by atoms with Gasteiger partial charge in [0.05, 0.1) is 16.3 Å². The molecule has 0 aliphatic carbocycles. The van der Waals surface area contributed by atoms with Crippen LogP contribution < -0.4 is 5.32 Å². The second-order valence-corrected chi connectivity index (χ2v) is 5.52. The first-order valence-electron chi connectivity index (χ1n) is 6.44. The van der Waals surface area contributed by atoms with E-state index < -0.39 is 6.10 Å². The van der Waals surface area contributed by atoms with Crippen molar-refractivity contribution in [2.24, 2.45) is 0 Å². The fourth-order valence-electron chi connectivity index (χ4n) is 2.04. The lowest BCUT2D eigenvalue weighted by Gasteiger charge is -2.11. The lowest BCUT2D eigenvalue weighted by Crippen LogP contribution is -2.21. The van der Waals surface area contributed by atoms with E-state index in [2.05, 4.69) is 21.4 Å². The molecule has 0 saturated carbocycles. The van der Waals surface area contributed by atoms with Gasteiger partial charge in [0.15, 0.2) is 0 Å². The quantitative estimate of drug-likeness (QED) is 0.756. The smallest absolute Gasteiger partial charge is 0.0915 e. The molecule has 1 unspecified atom stereocenters. The van der Waals surface area contributed by atoms with Crippen LogP contribution in [0.2, 0.25) is 0 Å². The number of fused-ring (bicyclic) bond motifs is 1. The molecule has 0 aromatic carbocycles. The number of pyridine rings is 2. The van der Waals surface area contributed by atoms with Gasteiger partial charge in [-0.3, -0.25) is 9.97 Å². The van der Waals surface area contributed by atoms with Crippen molar-refractivity contribution in [2.75, 3.05) is 6.54 Å². The first-order chi connectivity index (χ1) is 9.83. The van der Waals surface area contributed by atoms with Crippen LogP contribution in [0.4, 0.5) is 0 Å². The van der Waals surface area contributed by atoms with E-state index in [9.17, 15) is 5.11 Å². The lowest BCUT2D eigenvalue weighted by molar-refractivity contribution is 0.174. The van der Waals surface area contributed by atoms with Crippen LogP contribution in [-0.2, 0) is 6.54 Å². The molecule has 3 aromatic rings. The Labute approximate surface area is 121 Å². The van der Waals surface area contributed by atoms with Gasteiger partial charge in [0.1, 0.15) is 0 Å². The Balaban J connectivity index is 1.57. The van der Waals surface area contributed by atoms with Gasteiger partial charge in [-0.2, -0.15) is 0 Å². The monoisotopic (exact) mass is 285 g/mol. The van der Waals surface area contributed by atoms with Crippen LogP contribution in [0.3, 0.4) is 0 Å². The minimum atomic E-state index is -0.517. The van der Waals surface area contributed by atoms with Gasteiger partial charge in [0.2, 0.25) is 0 Å². The fourth-order valence-corrected chi connectivity index (χ4v) is 2.84. The molecule has 3 heterocycles. The molecule has 0 spiro atoms. The van der Waals surface area contributed by atoms with Crippen LogP contribution in [0, 0.1) is 0 Å². The van der Waals surface area contributed by atoms with E-state index in [1.165, 1.54) is 4.70 Å². The van der Waals surface area contributed by atoms with Gasteiger partial charge in [-0.1, -0.05) is 0 Å². The van der Waals surface area contributed by atoms with Gasteiger partial charge in [-0.05, 0) is 40.8 Å². The molecule has 1 atom stereocenters. The highest BCUT2D eigenvalue weighted by molar-refractivity contribution is 7.17. The Morgan fingerprint density at radius 3 is 2.95 bits per heavy atom. The average Bonchev–Trinajstić information content (AvgIpc) is 2.95. The summed E-state index contributed by atoms with van der Waals surface area (Å²) < 4.78 is 1.19. The van der Waals surface area contributed by atoms with Crippen molar-refractivity contribution in [3.8, 4) is 0 Å². The molecule has 0 aliphatic rings. The van der Waals surface area contributed by atoms with Crippen molar-refractivity contribution in [1.82, 2.24) is 15.3 Å². The molecule has 2 N–H and O–H groups in total. The van der Waals surface area contributed by atoms with Crippen LogP contribution >= 0.6 is 11.3 Å². The fraction of sp³-hybridized carbons (Fsp3) is 0.200. The number of nitrogens with one attached hydrogen (secondary N) is 1. The van der Waals surface area contributed by atoms with Crippen LogP contribution in [0.25, 0.3) is 10.2 Å². The predicted molar refractivity (Wildman–Crippen MR) is 80.5 cm³/mol. The highest BCUT2D eigenvalue weighted by atomic mass is 32.1. The standard InChI is InChI=1S/C15H15N3OS/c19-14(12-1-4-16-5-2-12)10-17-8-11-7-15-13(18-9-11)3-6-20-15/h1-7,9,14,17,19H,8,10H2. The third-order valence-electron chi connectivity index (χ3n) is 3.12. The Morgan fingerprint density at radius 1 is 1.25 bits per heavy atom. The van der Waals surface area contributed by atoms with Gasteiger partial charge in [0, 0.05) is 31.7 Å². The maximum atomic E-state index is 10.0. The summed E-state index contributed by atoms with van der Waals surface area (Å²) in [4.78, 5) is 8.34. The molecule has 0 saturated heterocycles. The molecule has 0 fully saturated rings. The van der Waals surface area contributed by atoms with Crippen LogP contribution in [0.15, 0.2) is 48.2 Å². The van der Waals surface area contributed by atoms with Gasteiger partial charge < -0.3 is 10.4 Å². The van der Waals surface area contributed by atoms with E-state index in [1.54, 1.807) is 23.7 Å². The Hall–Kier alpha value is -1.82. The van der Waals surface area contributed by atoms with E-state index in [0.717, 1.165) is 16.6 Å². The summed E-state index contributed by atoms with van der Waals surface area (Å²) >= 11 is 1.69. The van der Waals surface area contributed by atoms with E-state index in [1.807, 2.05) is 29.8 Å². The number of aliphatic hydroxyl groups excluding tert-OH is 1. The minimum Gasteiger partial charge on any atom is -0.387 e. The van der Waals surface area contributed by atoms with Crippen molar-refractivity contribution in [3.05, 3.63) is 59.4 Å². The third kappa shape index (κ3) is 3.01. The van der Waals surface area contributed by atoms with Crippen LogP contribution in [0.1, 0.15) is 17.2 Å². The number of thiophene rings is 1. The molecule has 4 nitrogen and oxygen atoms in total. The zero-order valence-corrected chi connectivity index (χ0v) is 11.7. The van der Waals surface area contributed by atoms with Gasteiger partial charge in [-0.15, -0.1) is 11.3 Å². The summed E-state index contributed by atoms with van der Waals surface area (Å²) in [5.41, 5.74) is 3.04. The highest BCUT2D eigenvalue weighted by Gasteiger charge is 2.06. The normalized spacial score (nSPS) is 12.7. The average molecular weight is 285 g/mol. The van der Waals surface area contributed by atoms with Crippen molar-refractivity contribution >= 4 is 21.6 Å². The number of aromatic nitrogens is 2. The van der Waals surface area contributed by atoms with Gasteiger partial charge in [0.25, 0.3) is 0 Å². The summed E-state index contributed by atoms with van der Waals surface area (Å²) in [6.45, 7) is 1.20. The van der Waals surface area contributed by atoms with Crippen molar-refractivity contribution in [1.29, 1.82) is 0 Å². The largest absolute Gasteiger partial charge is 0.387 e. The summed E-state index contributed by atoms with van der Waals surface area (Å²) in [7, 11) is 0. The molecule has 0 bridgehead atoms. The number of hydrogen-bond donors (Lipinski definition) is 2. The molecular formula is C15H15N3OS. The topological polar surface area (TPSA) is 58.0 Å². The van der Waals surface area contributed by atoms with Gasteiger partial charge >= 0.3 is 0 Å². The highest BCUT2D eigenvalue weighted by Crippen LogP contribution is 2.19. The molecule has 0 aliphatic heterocycles. The Morgan fingerprint density at radius 2 is 2.10 bits per heavy atom. The molecule has 102 valence electrons. The summed E-state index contributed by atoms with van der Waals surface area (Å²) in [6.07, 6.45) is 4.73. The Bertz CT molecular complexity index is 684. The van der Waals surface area contributed by atoms with Crippen molar-refractivity contribution in [3.63, 3.8) is 0 Å². The summed E-state index contributed by atoms with van der Waals surface area (Å²) in [5, 5.41) is 15.3. The SMILES string of the molecule is OC(CNCc1cnc2ccsc2c1)c1ccncc1.